The van der Waals surface area contributed by atoms with Gasteiger partial charge in [-0.05, 0) is 13.3 Å². The van der Waals surface area contributed by atoms with E-state index in [0.29, 0.717) is 24.5 Å². The van der Waals surface area contributed by atoms with Crippen molar-refractivity contribution in [1.82, 2.24) is 15.1 Å². The minimum absolute atomic E-state index is 0.126. The number of carbonyl (C=O) groups excluding carboxylic acids is 1. The van der Waals surface area contributed by atoms with Crippen LogP contribution in [0.4, 0.5) is 0 Å². The smallest absolute Gasteiger partial charge is 0.285 e. The Kier molecular flexibility index (Phi) is 2.47. The van der Waals surface area contributed by atoms with Gasteiger partial charge >= 0.3 is 0 Å². The van der Waals surface area contributed by atoms with Gasteiger partial charge in [-0.2, -0.15) is 0 Å². The summed E-state index contributed by atoms with van der Waals surface area (Å²) in [6, 6.07) is 0. The number of aryl methyl sites for hydroxylation is 1. The first-order valence-corrected chi connectivity index (χ1v) is 5.67. The second-order valence-electron chi connectivity index (χ2n) is 3.87. The van der Waals surface area contributed by atoms with Gasteiger partial charge in [-0.3, -0.25) is 4.79 Å². The molecular formula is C9H13N3O2S. The van der Waals surface area contributed by atoms with E-state index < -0.39 is 5.60 Å². The van der Waals surface area contributed by atoms with Crippen molar-refractivity contribution in [1.29, 1.82) is 0 Å². The minimum Gasteiger partial charge on any atom is -0.386 e. The van der Waals surface area contributed by atoms with E-state index in [2.05, 4.69) is 10.2 Å². The van der Waals surface area contributed by atoms with Crippen molar-refractivity contribution in [2.45, 2.75) is 25.9 Å². The molecule has 1 aliphatic heterocycles. The summed E-state index contributed by atoms with van der Waals surface area (Å²) in [6.07, 6.45) is 0.673. The molecule has 1 fully saturated rings. The van der Waals surface area contributed by atoms with E-state index in [1.165, 1.54) is 11.3 Å². The number of carbonyl (C=O) groups is 1. The highest BCUT2D eigenvalue weighted by molar-refractivity contribution is 7.13. The van der Waals surface area contributed by atoms with E-state index in [1.54, 1.807) is 4.90 Å². The summed E-state index contributed by atoms with van der Waals surface area (Å²) in [4.78, 5) is 13.4. The van der Waals surface area contributed by atoms with Gasteiger partial charge in [-0.1, -0.05) is 18.3 Å². The third-order valence-electron chi connectivity index (χ3n) is 2.62. The predicted octanol–water partition coefficient (Wildman–Crippen LogP) is 0.443. The summed E-state index contributed by atoms with van der Waals surface area (Å²) in [7, 11) is 0. The van der Waals surface area contributed by atoms with E-state index in [4.69, 9.17) is 0 Å². The monoisotopic (exact) mass is 227 g/mol. The van der Waals surface area contributed by atoms with E-state index in [-0.39, 0.29) is 5.91 Å². The number of likely N-dealkylation sites (tertiary alicyclic amines) is 1. The van der Waals surface area contributed by atoms with Crippen molar-refractivity contribution < 1.29 is 9.90 Å². The van der Waals surface area contributed by atoms with Crippen molar-refractivity contribution in [2.24, 2.45) is 0 Å². The Hall–Kier alpha value is -1.01. The molecule has 0 bridgehead atoms. The third-order valence-corrected chi connectivity index (χ3v) is 3.45. The molecule has 0 atom stereocenters. The molecule has 0 radical (unpaired) electrons. The van der Waals surface area contributed by atoms with Gasteiger partial charge in [0.1, 0.15) is 5.01 Å². The molecule has 2 heterocycles. The normalized spacial score (nSPS) is 18.7. The number of hydrogen-bond donors (Lipinski definition) is 1. The molecule has 0 aliphatic carbocycles. The van der Waals surface area contributed by atoms with Crippen molar-refractivity contribution >= 4 is 17.2 Å². The number of rotatable bonds is 2. The van der Waals surface area contributed by atoms with Crippen LogP contribution < -0.4 is 0 Å². The van der Waals surface area contributed by atoms with Crippen LogP contribution >= 0.6 is 11.3 Å². The number of amides is 1. The zero-order valence-electron chi connectivity index (χ0n) is 8.73. The van der Waals surface area contributed by atoms with Gasteiger partial charge in [0.25, 0.3) is 5.91 Å². The fourth-order valence-corrected chi connectivity index (χ4v) is 2.21. The van der Waals surface area contributed by atoms with Crippen LogP contribution in [0.5, 0.6) is 0 Å². The van der Waals surface area contributed by atoms with E-state index >= 15 is 0 Å². The molecule has 0 unspecified atom stereocenters. The van der Waals surface area contributed by atoms with Crippen LogP contribution in [0.25, 0.3) is 0 Å². The Labute approximate surface area is 91.7 Å². The lowest BCUT2D eigenvalue weighted by Gasteiger charge is -2.45. The van der Waals surface area contributed by atoms with E-state index in [1.807, 2.05) is 13.8 Å². The number of β-amino-alcohol motifs (C(OH)–C–C–N with tert-alkyl or cyclic N) is 1. The first-order valence-electron chi connectivity index (χ1n) is 4.86. The maximum absolute atomic E-state index is 11.8. The topological polar surface area (TPSA) is 66.3 Å². The third kappa shape index (κ3) is 1.87. The lowest BCUT2D eigenvalue weighted by Crippen LogP contribution is -2.63. The summed E-state index contributed by atoms with van der Waals surface area (Å²) in [5.41, 5.74) is -0.685. The Morgan fingerprint density at radius 2 is 2.27 bits per heavy atom. The van der Waals surface area contributed by atoms with Crippen LogP contribution in [0.3, 0.4) is 0 Å². The molecular weight excluding hydrogens is 214 g/mol. The zero-order valence-corrected chi connectivity index (χ0v) is 9.54. The molecule has 15 heavy (non-hydrogen) atoms. The average Bonchev–Trinajstić information content (AvgIpc) is 2.59. The lowest BCUT2D eigenvalue weighted by atomic mass is 9.91. The van der Waals surface area contributed by atoms with Crippen LogP contribution in [-0.4, -0.2) is 44.8 Å². The summed E-state index contributed by atoms with van der Waals surface area (Å²) >= 11 is 1.29. The highest BCUT2D eigenvalue weighted by Crippen LogP contribution is 2.26. The maximum Gasteiger partial charge on any atom is 0.285 e. The number of hydrogen-bond acceptors (Lipinski definition) is 5. The predicted molar refractivity (Wildman–Crippen MR) is 55.8 cm³/mol. The minimum atomic E-state index is -0.685. The van der Waals surface area contributed by atoms with Gasteiger partial charge in [-0.15, -0.1) is 10.2 Å². The van der Waals surface area contributed by atoms with Gasteiger partial charge in [0.2, 0.25) is 5.01 Å². The molecule has 1 aromatic heterocycles. The summed E-state index contributed by atoms with van der Waals surface area (Å²) in [6.45, 7) is 4.53. The summed E-state index contributed by atoms with van der Waals surface area (Å²) < 4.78 is 0. The molecule has 1 saturated heterocycles. The average molecular weight is 227 g/mol. The fourth-order valence-electron chi connectivity index (χ4n) is 1.55. The Morgan fingerprint density at radius 3 is 2.73 bits per heavy atom. The Bertz CT molecular complexity index is 384. The molecule has 1 N–H and O–H groups in total. The molecule has 1 amide bonds. The van der Waals surface area contributed by atoms with Gasteiger partial charge < -0.3 is 10.0 Å². The summed E-state index contributed by atoms with van der Waals surface area (Å²) in [5, 5.41) is 18.5. The fraction of sp³-hybridized carbons (Fsp3) is 0.667. The highest BCUT2D eigenvalue weighted by atomic mass is 32.1. The second kappa shape index (κ2) is 3.53. The molecule has 0 aromatic carbocycles. The van der Waals surface area contributed by atoms with Crippen LogP contribution in [0, 0.1) is 6.92 Å². The van der Waals surface area contributed by atoms with E-state index in [9.17, 15) is 9.90 Å². The number of nitrogens with zero attached hydrogens (tertiary/aromatic N) is 3. The van der Waals surface area contributed by atoms with Crippen molar-refractivity contribution in [3.8, 4) is 0 Å². The Morgan fingerprint density at radius 1 is 1.60 bits per heavy atom. The molecule has 6 heteroatoms. The standard InChI is InChI=1S/C9H13N3O2S/c1-3-9(14)4-12(5-9)8(13)7-11-10-6(2)15-7/h14H,3-5H2,1-2H3. The van der Waals surface area contributed by atoms with Crippen molar-refractivity contribution in [2.75, 3.05) is 13.1 Å². The molecule has 5 nitrogen and oxygen atoms in total. The van der Waals surface area contributed by atoms with Crippen LogP contribution in [0.2, 0.25) is 0 Å². The number of aliphatic hydroxyl groups is 1. The maximum atomic E-state index is 11.8. The van der Waals surface area contributed by atoms with Crippen LogP contribution in [-0.2, 0) is 0 Å². The first kappa shape index (κ1) is 10.5. The summed E-state index contributed by atoms with van der Waals surface area (Å²) in [5.74, 6) is -0.126. The van der Waals surface area contributed by atoms with Crippen molar-refractivity contribution in [3.05, 3.63) is 10.0 Å². The van der Waals surface area contributed by atoms with Gasteiger partial charge in [-0.25, -0.2) is 0 Å². The van der Waals surface area contributed by atoms with Gasteiger partial charge in [0, 0.05) is 0 Å². The van der Waals surface area contributed by atoms with Gasteiger partial charge in [0.15, 0.2) is 0 Å². The quantitative estimate of drug-likeness (QED) is 0.796. The molecule has 1 aliphatic rings. The molecule has 0 saturated carbocycles. The molecule has 2 rings (SSSR count). The molecule has 1 aromatic rings. The van der Waals surface area contributed by atoms with Gasteiger partial charge in [0.05, 0.1) is 18.7 Å². The Balaban J connectivity index is 2.00. The number of aromatic nitrogens is 2. The van der Waals surface area contributed by atoms with Crippen LogP contribution in [0.1, 0.15) is 28.2 Å². The largest absolute Gasteiger partial charge is 0.386 e. The van der Waals surface area contributed by atoms with Crippen molar-refractivity contribution in [3.63, 3.8) is 0 Å². The lowest BCUT2D eigenvalue weighted by molar-refractivity contribution is -0.0826. The molecule has 82 valence electrons. The first-order chi connectivity index (χ1) is 7.04. The second-order valence-corrected chi connectivity index (χ2v) is 5.05. The van der Waals surface area contributed by atoms with Crippen LogP contribution in [0.15, 0.2) is 0 Å². The zero-order chi connectivity index (χ0) is 11.1. The van der Waals surface area contributed by atoms with E-state index in [0.717, 1.165) is 5.01 Å². The highest BCUT2D eigenvalue weighted by Gasteiger charge is 2.42. The SMILES string of the molecule is CCC1(O)CN(C(=O)c2nnc(C)s2)C1. The molecule has 0 spiro atoms.